The second kappa shape index (κ2) is 4.91. The summed E-state index contributed by atoms with van der Waals surface area (Å²) >= 11 is 2.00. The molecule has 0 fully saturated rings. The molecule has 0 aromatic rings. The molecule has 0 unspecified atom stereocenters. The molecule has 0 spiro atoms. The van der Waals surface area contributed by atoms with Gasteiger partial charge in [0.15, 0.2) is 0 Å². The molecule has 80 valence electrons. The first kappa shape index (κ1) is 13.6. The number of hydrogen-bond acceptors (Lipinski definition) is 3. The van der Waals surface area contributed by atoms with Crippen LogP contribution in [0.25, 0.3) is 0 Å². The SMILES string of the molecule is CCC(C)(C)ON(I)OC(C)(C)C. The lowest BCUT2D eigenvalue weighted by Gasteiger charge is -2.30. The molecule has 0 aliphatic carbocycles. The molecule has 0 aliphatic heterocycles. The Kier molecular flexibility index (Phi) is 5.14. The summed E-state index contributed by atoms with van der Waals surface area (Å²) in [4.78, 5) is 11.0. The van der Waals surface area contributed by atoms with Crippen molar-refractivity contribution >= 4 is 22.9 Å². The fraction of sp³-hybridized carbons (Fsp3) is 1.00. The molecule has 0 bridgehead atoms. The Balaban J connectivity index is 3.94. The highest BCUT2D eigenvalue weighted by molar-refractivity contribution is 14.1. The summed E-state index contributed by atoms with van der Waals surface area (Å²) in [6.45, 7) is 12.1. The topological polar surface area (TPSA) is 21.7 Å². The zero-order valence-electron chi connectivity index (χ0n) is 9.35. The van der Waals surface area contributed by atoms with Crippen molar-refractivity contribution in [3.63, 3.8) is 0 Å². The fourth-order valence-electron chi connectivity index (χ4n) is 0.493. The molecule has 0 aliphatic rings. The maximum Gasteiger partial charge on any atom is 0.0876 e. The van der Waals surface area contributed by atoms with E-state index in [0.717, 1.165) is 6.42 Å². The second-order valence-corrected chi connectivity index (χ2v) is 5.41. The Bertz CT molecular complexity index is 154. The van der Waals surface area contributed by atoms with E-state index in [2.05, 4.69) is 6.92 Å². The minimum absolute atomic E-state index is 0.174. The van der Waals surface area contributed by atoms with Crippen LogP contribution in [0.1, 0.15) is 48.0 Å². The van der Waals surface area contributed by atoms with Crippen LogP contribution in [0.5, 0.6) is 0 Å². The molecule has 0 N–H and O–H groups in total. The van der Waals surface area contributed by atoms with Gasteiger partial charge in [-0.05, 0) is 44.5 Å². The minimum atomic E-state index is -0.217. The largest absolute Gasteiger partial charge is 0.260 e. The van der Waals surface area contributed by atoms with Crippen LogP contribution >= 0.6 is 22.9 Å². The average molecular weight is 301 g/mol. The van der Waals surface area contributed by atoms with Gasteiger partial charge in [0.05, 0.1) is 34.1 Å². The van der Waals surface area contributed by atoms with Gasteiger partial charge in [0.1, 0.15) is 0 Å². The van der Waals surface area contributed by atoms with Crippen LogP contribution in [0.15, 0.2) is 0 Å². The average Bonchev–Trinajstić information content (AvgIpc) is 1.81. The first-order chi connectivity index (χ1) is 5.66. The van der Waals surface area contributed by atoms with Crippen molar-refractivity contribution < 1.29 is 9.68 Å². The maximum absolute atomic E-state index is 5.56. The summed E-state index contributed by atoms with van der Waals surface area (Å²) in [5, 5.41) is 0. The van der Waals surface area contributed by atoms with Gasteiger partial charge in [-0.3, -0.25) is 9.68 Å². The van der Waals surface area contributed by atoms with Crippen molar-refractivity contribution in [2.75, 3.05) is 0 Å². The van der Waals surface area contributed by atoms with Crippen LogP contribution in [-0.4, -0.2) is 14.6 Å². The summed E-state index contributed by atoms with van der Waals surface area (Å²) in [6.07, 6.45) is 0.944. The number of rotatable bonds is 4. The molecule has 0 amide bonds. The number of hydrogen-bond donors (Lipinski definition) is 0. The molecule has 0 atom stereocenters. The Labute approximate surface area is 95.2 Å². The predicted octanol–water partition coefficient (Wildman–Crippen LogP) is 3.49. The van der Waals surface area contributed by atoms with Crippen LogP contribution in [0, 0.1) is 0 Å². The van der Waals surface area contributed by atoms with E-state index in [4.69, 9.17) is 9.68 Å². The van der Waals surface area contributed by atoms with Crippen LogP contribution in [0.3, 0.4) is 0 Å². The van der Waals surface area contributed by atoms with Gasteiger partial charge in [-0.25, -0.2) is 0 Å². The van der Waals surface area contributed by atoms with E-state index in [9.17, 15) is 0 Å². The van der Waals surface area contributed by atoms with Crippen molar-refractivity contribution in [1.82, 2.24) is 3.44 Å². The highest BCUT2D eigenvalue weighted by atomic mass is 127. The van der Waals surface area contributed by atoms with Gasteiger partial charge < -0.3 is 0 Å². The Morgan fingerprint density at radius 2 is 1.54 bits per heavy atom. The lowest BCUT2D eigenvalue weighted by Crippen LogP contribution is -2.35. The van der Waals surface area contributed by atoms with Crippen molar-refractivity contribution in [1.29, 1.82) is 0 Å². The van der Waals surface area contributed by atoms with Crippen molar-refractivity contribution in [3.05, 3.63) is 0 Å². The minimum Gasteiger partial charge on any atom is -0.260 e. The normalized spacial score (nSPS) is 13.8. The third-order valence-electron chi connectivity index (χ3n) is 1.52. The fourth-order valence-corrected chi connectivity index (χ4v) is 1.62. The van der Waals surface area contributed by atoms with Gasteiger partial charge in [-0.15, -0.1) is 0 Å². The zero-order chi connectivity index (χ0) is 10.7. The van der Waals surface area contributed by atoms with Gasteiger partial charge >= 0.3 is 0 Å². The third kappa shape index (κ3) is 7.66. The number of halogens is 1. The van der Waals surface area contributed by atoms with Crippen molar-refractivity contribution in [3.8, 4) is 0 Å². The van der Waals surface area contributed by atoms with Crippen LogP contribution in [0.2, 0.25) is 0 Å². The van der Waals surface area contributed by atoms with Crippen LogP contribution in [-0.2, 0) is 9.68 Å². The highest BCUT2D eigenvalue weighted by Crippen LogP contribution is 2.22. The summed E-state index contributed by atoms with van der Waals surface area (Å²) in [7, 11) is 0. The Morgan fingerprint density at radius 3 is 1.85 bits per heavy atom. The van der Waals surface area contributed by atoms with Gasteiger partial charge in [0, 0.05) is 0 Å². The molecule has 0 rings (SSSR count). The summed E-state index contributed by atoms with van der Waals surface area (Å²) in [5.74, 6) is 0. The summed E-state index contributed by atoms with van der Waals surface area (Å²) in [5.41, 5.74) is -0.391. The van der Waals surface area contributed by atoms with E-state index >= 15 is 0 Å². The summed E-state index contributed by atoms with van der Waals surface area (Å²) in [6, 6.07) is 0. The van der Waals surface area contributed by atoms with Gasteiger partial charge in [-0.2, -0.15) is 0 Å². The Morgan fingerprint density at radius 1 is 1.08 bits per heavy atom. The Hall–Kier alpha value is 0.610. The molecule has 4 heteroatoms. The zero-order valence-corrected chi connectivity index (χ0v) is 11.5. The quantitative estimate of drug-likeness (QED) is 0.451. The third-order valence-corrected chi connectivity index (χ3v) is 1.91. The van der Waals surface area contributed by atoms with E-state index in [-0.39, 0.29) is 11.2 Å². The van der Waals surface area contributed by atoms with Crippen LogP contribution < -0.4 is 0 Å². The van der Waals surface area contributed by atoms with E-state index < -0.39 is 0 Å². The predicted molar refractivity (Wildman–Crippen MR) is 62.2 cm³/mol. The van der Waals surface area contributed by atoms with Gasteiger partial charge in [-0.1, -0.05) is 6.92 Å². The number of nitrogens with zero attached hydrogens (tertiary/aromatic N) is 1. The molecule has 0 heterocycles. The molecule has 0 saturated heterocycles. The van der Waals surface area contributed by atoms with Crippen molar-refractivity contribution in [2.45, 2.75) is 59.2 Å². The second-order valence-electron chi connectivity index (χ2n) is 4.62. The maximum atomic E-state index is 5.56. The smallest absolute Gasteiger partial charge is 0.0876 e. The molecular formula is C9H20INO2. The molecule has 0 saturated carbocycles. The van der Waals surface area contributed by atoms with E-state index in [1.54, 1.807) is 0 Å². The molecular weight excluding hydrogens is 281 g/mol. The van der Waals surface area contributed by atoms with Crippen LogP contribution in [0.4, 0.5) is 0 Å². The molecule has 0 aromatic carbocycles. The first-order valence-corrected chi connectivity index (χ1v) is 5.47. The molecule has 3 nitrogen and oxygen atoms in total. The molecule has 0 aromatic heterocycles. The van der Waals surface area contributed by atoms with Gasteiger partial charge in [0.25, 0.3) is 0 Å². The molecule has 13 heavy (non-hydrogen) atoms. The molecule has 0 radical (unpaired) electrons. The van der Waals surface area contributed by atoms with E-state index in [1.807, 2.05) is 57.5 Å². The highest BCUT2D eigenvalue weighted by Gasteiger charge is 2.23. The lowest BCUT2D eigenvalue weighted by atomic mass is 10.1. The lowest BCUT2D eigenvalue weighted by molar-refractivity contribution is -0.353. The standard InChI is InChI=1S/C9H20INO2/c1-7-9(5,6)13-11(10)12-8(2,3)4/h7H2,1-6H3. The monoisotopic (exact) mass is 301 g/mol. The van der Waals surface area contributed by atoms with Gasteiger partial charge in [0.2, 0.25) is 0 Å². The first-order valence-electron chi connectivity index (χ1n) is 4.50. The van der Waals surface area contributed by atoms with E-state index in [1.165, 1.54) is 3.44 Å². The van der Waals surface area contributed by atoms with Crippen molar-refractivity contribution in [2.24, 2.45) is 0 Å². The summed E-state index contributed by atoms with van der Waals surface area (Å²) < 4.78 is 1.42. The van der Waals surface area contributed by atoms with E-state index in [0.29, 0.717) is 0 Å².